The van der Waals surface area contributed by atoms with Crippen LogP contribution in [0.5, 0.6) is 0 Å². The largest absolute Gasteiger partial charge is 0.208 e. The fourth-order valence-electron chi connectivity index (χ4n) is 5.12. The summed E-state index contributed by atoms with van der Waals surface area (Å²) in [4.78, 5) is 14.8. The summed E-state index contributed by atoms with van der Waals surface area (Å²) < 4.78 is 0. The Morgan fingerprint density at radius 1 is 0.214 bits per heavy atom. The molecule has 0 spiro atoms. The Balaban J connectivity index is 1.27. The third-order valence-corrected chi connectivity index (χ3v) is 7.36. The monoisotopic (exact) mass is 537 g/mol. The van der Waals surface area contributed by atoms with Gasteiger partial charge >= 0.3 is 0 Å². The van der Waals surface area contributed by atoms with Crippen molar-refractivity contribution in [1.29, 1.82) is 0 Å². The Bertz CT molecular complexity index is 1930. The van der Waals surface area contributed by atoms with E-state index < -0.39 is 0 Å². The van der Waals surface area contributed by atoms with Crippen molar-refractivity contribution in [2.45, 2.75) is 0 Å². The van der Waals surface area contributed by atoms with Gasteiger partial charge in [0.1, 0.15) is 0 Å². The summed E-state index contributed by atoms with van der Waals surface area (Å²) in [6.45, 7) is 0. The molecule has 0 amide bonds. The topological polar surface area (TPSA) is 38.7 Å². The van der Waals surface area contributed by atoms with Gasteiger partial charge in [-0.15, -0.1) is 0 Å². The molecular formula is C39H27N3. The SMILES string of the molecule is c1ccc(-c2ccc(-c3cccc(-c4nc(-c5ccccc5)nc(-c5ccc(-c6ccccc6)cc5)n4)c3)cc2)cc1. The van der Waals surface area contributed by atoms with Gasteiger partial charge in [0.15, 0.2) is 17.5 Å². The van der Waals surface area contributed by atoms with Gasteiger partial charge in [-0.05, 0) is 39.4 Å². The molecule has 1 heterocycles. The number of benzene rings is 6. The summed E-state index contributed by atoms with van der Waals surface area (Å²) in [5.41, 5.74) is 9.85. The van der Waals surface area contributed by atoms with Gasteiger partial charge in [-0.1, -0.05) is 158 Å². The minimum absolute atomic E-state index is 0.647. The second-order valence-electron chi connectivity index (χ2n) is 10.1. The highest BCUT2D eigenvalue weighted by Gasteiger charge is 2.13. The second-order valence-corrected chi connectivity index (χ2v) is 10.1. The van der Waals surface area contributed by atoms with E-state index in [9.17, 15) is 0 Å². The van der Waals surface area contributed by atoms with Crippen LogP contribution in [0.25, 0.3) is 67.5 Å². The minimum Gasteiger partial charge on any atom is -0.208 e. The lowest BCUT2D eigenvalue weighted by Gasteiger charge is -2.10. The number of aromatic nitrogens is 3. The number of hydrogen-bond acceptors (Lipinski definition) is 3. The van der Waals surface area contributed by atoms with Gasteiger partial charge in [0, 0.05) is 16.7 Å². The van der Waals surface area contributed by atoms with Crippen LogP contribution in [0.3, 0.4) is 0 Å². The minimum atomic E-state index is 0.647. The van der Waals surface area contributed by atoms with Crippen molar-refractivity contribution in [2.75, 3.05) is 0 Å². The molecule has 198 valence electrons. The molecule has 0 atom stereocenters. The molecule has 0 aliphatic carbocycles. The predicted octanol–water partition coefficient (Wildman–Crippen LogP) is 9.87. The maximum atomic E-state index is 4.97. The van der Waals surface area contributed by atoms with Gasteiger partial charge in [0.25, 0.3) is 0 Å². The second kappa shape index (κ2) is 11.4. The highest BCUT2D eigenvalue weighted by molar-refractivity contribution is 5.75. The number of rotatable bonds is 6. The molecule has 0 aliphatic rings. The molecule has 42 heavy (non-hydrogen) atoms. The molecule has 7 aromatic rings. The van der Waals surface area contributed by atoms with Crippen molar-refractivity contribution in [2.24, 2.45) is 0 Å². The standard InChI is InChI=1S/C39H27N3/c1-4-11-28(12-5-1)30-19-21-32(22-20-30)35-17-10-18-36(27-35)39-41-37(33-15-8-3-9-16-33)40-38(42-39)34-25-23-31(24-26-34)29-13-6-2-7-14-29/h1-27H. The molecule has 7 rings (SSSR count). The summed E-state index contributed by atoms with van der Waals surface area (Å²) in [7, 11) is 0. The summed E-state index contributed by atoms with van der Waals surface area (Å²) >= 11 is 0. The molecule has 6 aromatic carbocycles. The Morgan fingerprint density at radius 2 is 0.500 bits per heavy atom. The lowest BCUT2D eigenvalue weighted by molar-refractivity contribution is 1.07. The van der Waals surface area contributed by atoms with Crippen molar-refractivity contribution in [3.05, 3.63) is 164 Å². The van der Waals surface area contributed by atoms with Crippen LogP contribution in [0.15, 0.2) is 164 Å². The summed E-state index contributed by atoms with van der Waals surface area (Å²) in [6, 6.07) is 56.4. The van der Waals surface area contributed by atoms with E-state index in [0.29, 0.717) is 17.5 Å². The molecule has 0 bridgehead atoms. The van der Waals surface area contributed by atoms with Crippen molar-refractivity contribution in [3.8, 4) is 67.5 Å². The maximum absolute atomic E-state index is 4.97. The highest BCUT2D eigenvalue weighted by atomic mass is 15.0. The molecule has 0 saturated carbocycles. The maximum Gasteiger partial charge on any atom is 0.164 e. The van der Waals surface area contributed by atoms with Crippen molar-refractivity contribution < 1.29 is 0 Å². The molecule has 3 heteroatoms. The Labute approximate surface area is 245 Å². The molecule has 0 unspecified atom stereocenters. The van der Waals surface area contributed by atoms with E-state index in [2.05, 4.69) is 121 Å². The van der Waals surface area contributed by atoms with Crippen LogP contribution in [0.1, 0.15) is 0 Å². The van der Waals surface area contributed by atoms with Crippen molar-refractivity contribution in [1.82, 2.24) is 15.0 Å². The van der Waals surface area contributed by atoms with Crippen LogP contribution in [0.4, 0.5) is 0 Å². The lowest BCUT2D eigenvalue weighted by Crippen LogP contribution is -2.00. The molecule has 0 fully saturated rings. The van der Waals surface area contributed by atoms with Gasteiger partial charge in [-0.2, -0.15) is 0 Å². The highest BCUT2D eigenvalue weighted by Crippen LogP contribution is 2.30. The van der Waals surface area contributed by atoms with E-state index in [-0.39, 0.29) is 0 Å². The zero-order valence-electron chi connectivity index (χ0n) is 22.9. The van der Waals surface area contributed by atoms with Gasteiger partial charge in [-0.25, -0.2) is 15.0 Å². The van der Waals surface area contributed by atoms with Gasteiger partial charge in [0.2, 0.25) is 0 Å². The predicted molar refractivity (Wildman–Crippen MR) is 172 cm³/mol. The van der Waals surface area contributed by atoms with E-state index >= 15 is 0 Å². The van der Waals surface area contributed by atoms with E-state index in [1.54, 1.807) is 0 Å². The van der Waals surface area contributed by atoms with Gasteiger partial charge < -0.3 is 0 Å². The molecular weight excluding hydrogens is 510 g/mol. The Morgan fingerprint density at radius 3 is 0.976 bits per heavy atom. The fraction of sp³-hybridized carbons (Fsp3) is 0. The van der Waals surface area contributed by atoms with Crippen LogP contribution >= 0.6 is 0 Å². The van der Waals surface area contributed by atoms with Crippen molar-refractivity contribution in [3.63, 3.8) is 0 Å². The molecule has 1 aromatic heterocycles. The van der Waals surface area contributed by atoms with Crippen LogP contribution in [0, 0.1) is 0 Å². The first kappa shape index (κ1) is 25.3. The average molecular weight is 538 g/mol. The molecule has 0 saturated heterocycles. The van der Waals surface area contributed by atoms with Crippen molar-refractivity contribution >= 4 is 0 Å². The first-order valence-electron chi connectivity index (χ1n) is 14.0. The number of hydrogen-bond donors (Lipinski definition) is 0. The van der Waals surface area contributed by atoms with Crippen LogP contribution in [0.2, 0.25) is 0 Å². The Hall–Kier alpha value is -5.67. The third kappa shape index (κ3) is 5.36. The Kier molecular flexibility index (Phi) is 6.89. The fourth-order valence-corrected chi connectivity index (χ4v) is 5.12. The van der Waals surface area contributed by atoms with E-state index in [0.717, 1.165) is 33.4 Å². The molecule has 0 aliphatic heterocycles. The zero-order valence-corrected chi connectivity index (χ0v) is 22.9. The van der Waals surface area contributed by atoms with Crippen LogP contribution in [-0.2, 0) is 0 Å². The van der Waals surface area contributed by atoms with E-state index in [1.807, 2.05) is 42.5 Å². The smallest absolute Gasteiger partial charge is 0.164 e. The summed E-state index contributed by atoms with van der Waals surface area (Å²) in [5.74, 6) is 1.95. The first-order chi connectivity index (χ1) is 20.8. The van der Waals surface area contributed by atoms with Gasteiger partial charge in [-0.3, -0.25) is 0 Å². The lowest BCUT2D eigenvalue weighted by atomic mass is 9.99. The van der Waals surface area contributed by atoms with E-state index in [1.165, 1.54) is 16.7 Å². The average Bonchev–Trinajstić information content (AvgIpc) is 3.09. The van der Waals surface area contributed by atoms with Crippen LogP contribution < -0.4 is 0 Å². The zero-order chi connectivity index (χ0) is 28.1. The first-order valence-corrected chi connectivity index (χ1v) is 14.0. The molecule has 3 nitrogen and oxygen atoms in total. The summed E-state index contributed by atoms with van der Waals surface area (Å²) in [6.07, 6.45) is 0. The summed E-state index contributed by atoms with van der Waals surface area (Å²) in [5, 5.41) is 0. The normalized spacial score (nSPS) is 10.9. The molecule has 0 N–H and O–H groups in total. The van der Waals surface area contributed by atoms with Crippen LogP contribution in [-0.4, -0.2) is 15.0 Å². The van der Waals surface area contributed by atoms with E-state index in [4.69, 9.17) is 15.0 Å². The quantitative estimate of drug-likeness (QED) is 0.212. The third-order valence-electron chi connectivity index (χ3n) is 7.36. The number of nitrogens with zero attached hydrogens (tertiary/aromatic N) is 3. The van der Waals surface area contributed by atoms with Gasteiger partial charge in [0.05, 0.1) is 0 Å². The molecule has 0 radical (unpaired) electrons.